The molecule has 0 bridgehead atoms. The summed E-state index contributed by atoms with van der Waals surface area (Å²) in [7, 11) is 0. The largest absolute Gasteiger partial charge is 0.310 e. The number of halogens is 2. The predicted octanol–water partition coefficient (Wildman–Crippen LogP) is 4.44. The van der Waals surface area contributed by atoms with Gasteiger partial charge in [0.25, 0.3) is 0 Å². The second-order valence-electron chi connectivity index (χ2n) is 4.64. The number of benzene rings is 1. The molecule has 1 aromatic rings. The lowest BCUT2D eigenvalue weighted by Crippen LogP contribution is -2.30. The van der Waals surface area contributed by atoms with Crippen LogP contribution in [0.5, 0.6) is 0 Å². The first-order valence-corrected chi connectivity index (χ1v) is 6.82. The predicted molar refractivity (Wildman–Crippen MR) is 71.5 cm³/mol. The molecule has 1 atom stereocenters. The minimum Gasteiger partial charge on any atom is -0.310 e. The zero-order valence-corrected chi connectivity index (χ0v) is 11.5. The lowest BCUT2D eigenvalue weighted by Gasteiger charge is -2.27. The van der Waals surface area contributed by atoms with Crippen molar-refractivity contribution in [2.45, 2.75) is 46.1 Å². The van der Waals surface area contributed by atoms with E-state index in [2.05, 4.69) is 26.1 Å². The van der Waals surface area contributed by atoms with Gasteiger partial charge in [-0.1, -0.05) is 39.7 Å². The standard InChI is InChI=1S/C15H23F2N/c1-4-10-18-15(11(5-2)6-3)14-12(16)8-7-9-13(14)17/h7-9,11,15,18H,4-6,10H2,1-3H3. The molecule has 1 unspecified atom stereocenters. The quantitative estimate of drug-likeness (QED) is 0.759. The molecule has 0 aliphatic rings. The summed E-state index contributed by atoms with van der Waals surface area (Å²) < 4.78 is 27.8. The van der Waals surface area contributed by atoms with Gasteiger partial charge in [-0.05, 0) is 31.0 Å². The summed E-state index contributed by atoms with van der Waals surface area (Å²) in [6, 6.07) is 3.85. The summed E-state index contributed by atoms with van der Waals surface area (Å²) in [5.74, 6) is -0.644. The highest BCUT2D eigenvalue weighted by Crippen LogP contribution is 2.30. The number of hydrogen-bond donors (Lipinski definition) is 1. The number of hydrogen-bond acceptors (Lipinski definition) is 1. The maximum Gasteiger partial charge on any atom is 0.130 e. The van der Waals surface area contributed by atoms with Crippen molar-refractivity contribution in [3.05, 3.63) is 35.4 Å². The number of nitrogens with one attached hydrogen (secondary N) is 1. The molecule has 102 valence electrons. The molecule has 0 saturated carbocycles. The topological polar surface area (TPSA) is 12.0 Å². The normalized spacial score (nSPS) is 13.0. The summed E-state index contributed by atoms with van der Waals surface area (Å²) in [5, 5.41) is 3.29. The summed E-state index contributed by atoms with van der Waals surface area (Å²) in [6.07, 6.45) is 2.77. The average molecular weight is 255 g/mol. The third kappa shape index (κ3) is 3.52. The molecule has 0 aliphatic carbocycles. The van der Waals surface area contributed by atoms with Crippen molar-refractivity contribution in [3.8, 4) is 0 Å². The van der Waals surface area contributed by atoms with Crippen LogP contribution in [0.3, 0.4) is 0 Å². The molecule has 0 fully saturated rings. The van der Waals surface area contributed by atoms with E-state index < -0.39 is 11.6 Å². The highest BCUT2D eigenvalue weighted by atomic mass is 19.1. The molecule has 0 amide bonds. The summed E-state index contributed by atoms with van der Waals surface area (Å²) in [4.78, 5) is 0. The molecule has 1 nitrogen and oxygen atoms in total. The van der Waals surface area contributed by atoms with Crippen molar-refractivity contribution in [1.82, 2.24) is 5.32 Å². The van der Waals surface area contributed by atoms with Crippen LogP contribution in [0.1, 0.15) is 51.6 Å². The summed E-state index contributed by atoms with van der Waals surface area (Å²) in [6.45, 7) is 6.95. The van der Waals surface area contributed by atoms with Crippen LogP contribution in [0.25, 0.3) is 0 Å². The second-order valence-corrected chi connectivity index (χ2v) is 4.64. The van der Waals surface area contributed by atoms with E-state index in [0.717, 1.165) is 25.8 Å². The van der Waals surface area contributed by atoms with Gasteiger partial charge in [-0.25, -0.2) is 8.78 Å². The average Bonchev–Trinajstić information content (AvgIpc) is 2.36. The van der Waals surface area contributed by atoms with E-state index in [4.69, 9.17) is 0 Å². The monoisotopic (exact) mass is 255 g/mol. The lowest BCUT2D eigenvalue weighted by molar-refractivity contribution is 0.323. The van der Waals surface area contributed by atoms with Crippen molar-refractivity contribution in [2.24, 2.45) is 5.92 Å². The van der Waals surface area contributed by atoms with Crippen LogP contribution in [-0.4, -0.2) is 6.54 Å². The van der Waals surface area contributed by atoms with Gasteiger partial charge in [-0.3, -0.25) is 0 Å². The van der Waals surface area contributed by atoms with Gasteiger partial charge in [0.1, 0.15) is 11.6 Å². The molecular formula is C15H23F2N. The van der Waals surface area contributed by atoms with Crippen LogP contribution >= 0.6 is 0 Å². The Kier molecular flexibility index (Phi) is 6.27. The maximum atomic E-state index is 13.9. The fourth-order valence-electron chi connectivity index (χ4n) is 2.37. The van der Waals surface area contributed by atoms with Gasteiger partial charge in [-0.15, -0.1) is 0 Å². The van der Waals surface area contributed by atoms with E-state index >= 15 is 0 Å². The van der Waals surface area contributed by atoms with Gasteiger partial charge in [0.05, 0.1) is 0 Å². The van der Waals surface area contributed by atoms with Crippen molar-refractivity contribution in [3.63, 3.8) is 0 Å². The van der Waals surface area contributed by atoms with E-state index in [1.807, 2.05) is 0 Å². The zero-order valence-electron chi connectivity index (χ0n) is 11.5. The molecule has 0 aromatic heterocycles. The van der Waals surface area contributed by atoms with Crippen LogP contribution in [0.4, 0.5) is 8.78 Å². The van der Waals surface area contributed by atoms with E-state index in [1.54, 1.807) is 0 Å². The minimum atomic E-state index is -0.449. The Morgan fingerprint density at radius 2 is 1.61 bits per heavy atom. The molecule has 3 heteroatoms. The highest BCUT2D eigenvalue weighted by Gasteiger charge is 2.25. The molecule has 0 saturated heterocycles. The lowest BCUT2D eigenvalue weighted by atomic mass is 9.88. The Morgan fingerprint density at radius 1 is 1.06 bits per heavy atom. The fourth-order valence-corrected chi connectivity index (χ4v) is 2.37. The van der Waals surface area contributed by atoms with Crippen molar-refractivity contribution >= 4 is 0 Å². The Balaban J connectivity index is 3.08. The molecule has 0 heterocycles. The summed E-state index contributed by atoms with van der Waals surface area (Å²) >= 11 is 0. The molecular weight excluding hydrogens is 232 g/mol. The first kappa shape index (κ1) is 15.1. The van der Waals surface area contributed by atoms with E-state index in [1.165, 1.54) is 18.2 Å². The van der Waals surface area contributed by atoms with Crippen molar-refractivity contribution in [1.29, 1.82) is 0 Å². The maximum absolute atomic E-state index is 13.9. The van der Waals surface area contributed by atoms with Gasteiger partial charge < -0.3 is 5.32 Å². The van der Waals surface area contributed by atoms with E-state index in [-0.39, 0.29) is 17.5 Å². The molecule has 0 aliphatic heterocycles. The Hall–Kier alpha value is -0.960. The third-order valence-corrected chi connectivity index (χ3v) is 3.45. The van der Waals surface area contributed by atoms with Gasteiger partial charge in [0.15, 0.2) is 0 Å². The van der Waals surface area contributed by atoms with Crippen LogP contribution in [-0.2, 0) is 0 Å². The SMILES string of the molecule is CCCNC(c1c(F)cccc1F)C(CC)CC. The molecule has 0 spiro atoms. The first-order valence-electron chi connectivity index (χ1n) is 6.82. The smallest absolute Gasteiger partial charge is 0.130 e. The summed E-state index contributed by atoms with van der Waals surface area (Å²) in [5.41, 5.74) is 0.194. The molecule has 1 rings (SSSR count). The van der Waals surface area contributed by atoms with Crippen LogP contribution < -0.4 is 5.32 Å². The van der Waals surface area contributed by atoms with E-state index in [9.17, 15) is 8.78 Å². The van der Waals surface area contributed by atoms with Gasteiger partial charge >= 0.3 is 0 Å². The Labute approximate surface area is 109 Å². The molecule has 0 radical (unpaired) electrons. The first-order chi connectivity index (χ1) is 8.65. The Bertz CT molecular complexity index is 341. The van der Waals surface area contributed by atoms with E-state index in [0.29, 0.717) is 0 Å². The van der Waals surface area contributed by atoms with Crippen LogP contribution in [0.2, 0.25) is 0 Å². The number of rotatable bonds is 7. The van der Waals surface area contributed by atoms with Gasteiger partial charge in [0.2, 0.25) is 0 Å². The van der Waals surface area contributed by atoms with Crippen LogP contribution in [0, 0.1) is 17.6 Å². The molecule has 1 aromatic carbocycles. The zero-order chi connectivity index (χ0) is 13.5. The van der Waals surface area contributed by atoms with Gasteiger partial charge in [0, 0.05) is 11.6 Å². The van der Waals surface area contributed by atoms with Gasteiger partial charge in [-0.2, -0.15) is 0 Å². The van der Waals surface area contributed by atoms with Crippen molar-refractivity contribution < 1.29 is 8.78 Å². The van der Waals surface area contributed by atoms with Crippen LogP contribution in [0.15, 0.2) is 18.2 Å². The Morgan fingerprint density at radius 3 is 2.06 bits per heavy atom. The fraction of sp³-hybridized carbons (Fsp3) is 0.600. The molecule has 18 heavy (non-hydrogen) atoms. The highest BCUT2D eigenvalue weighted by molar-refractivity contribution is 5.24. The molecule has 1 N–H and O–H groups in total. The third-order valence-electron chi connectivity index (χ3n) is 3.45. The second kappa shape index (κ2) is 7.47. The van der Waals surface area contributed by atoms with Crippen molar-refractivity contribution in [2.75, 3.05) is 6.54 Å². The minimum absolute atomic E-state index is 0.194.